The Kier molecular flexibility index (Phi) is 3.47. The molecule has 1 heterocycles. The van der Waals surface area contributed by atoms with Crippen molar-refractivity contribution < 1.29 is 0 Å². The monoisotopic (exact) mass is 318 g/mol. The second-order valence-electron chi connectivity index (χ2n) is 4.97. The standard InChI is InChI=1S/C16H12Cl2N2O/c1-8-3-4-9(2)14-13(8)15(19-20-16(14)21)11-7-10(17)5-6-12(11)18/h3-7H,1-2H3,(H,20,21). The van der Waals surface area contributed by atoms with E-state index in [1.54, 1.807) is 18.2 Å². The molecule has 0 aliphatic rings. The second-order valence-corrected chi connectivity index (χ2v) is 5.82. The molecule has 106 valence electrons. The third-order valence-electron chi connectivity index (χ3n) is 3.54. The first-order valence-corrected chi connectivity index (χ1v) is 7.18. The molecule has 3 aromatic rings. The molecule has 2 aromatic carbocycles. The topological polar surface area (TPSA) is 45.8 Å². The summed E-state index contributed by atoms with van der Waals surface area (Å²) in [5.74, 6) is 0. The van der Waals surface area contributed by atoms with Gasteiger partial charge in [-0.3, -0.25) is 4.79 Å². The summed E-state index contributed by atoms with van der Waals surface area (Å²) in [6.07, 6.45) is 0. The van der Waals surface area contributed by atoms with Crippen LogP contribution in [0.2, 0.25) is 10.0 Å². The van der Waals surface area contributed by atoms with Crippen molar-refractivity contribution in [3.63, 3.8) is 0 Å². The predicted molar refractivity (Wildman–Crippen MR) is 87.3 cm³/mol. The average molecular weight is 319 g/mol. The second kappa shape index (κ2) is 5.17. The molecule has 0 radical (unpaired) electrons. The number of aryl methyl sites for hydroxylation is 2. The highest BCUT2D eigenvalue weighted by atomic mass is 35.5. The maximum atomic E-state index is 12.1. The van der Waals surface area contributed by atoms with Gasteiger partial charge in [0.2, 0.25) is 0 Å². The molecule has 0 saturated carbocycles. The van der Waals surface area contributed by atoms with Gasteiger partial charge in [0.15, 0.2) is 0 Å². The Morgan fingerprint density at radius 1 is 1.00 bits per heavy atom. The van der Waals surface area contributed by atoms with Crippen molar-refractivity contribution in [1.29, 1.82) is 0 Å². The molecule has 0 fully saturated rings. The highest BCUT2D eigenvalue weighted by Crippen LogP contribution is 2.34. The van der Waals surface area contributed by atoms with Crippen LogP contribution in [0, 0.1) is 13.8 Å². The molecule has 0 atom stereocenters. The van der Waals surface area contributed by atoms with E-state index in [1.807, 2.05) is 26.0 Å². The van der Waals surface area contributed by atoms with Gasteiger partial charge in [-0.15, -0.1) is 0 Å². The molecule has 0 bridgehead atoms. The molecule has 0 amide bonds. The molecule has 5 heteroatoms. The van der Waals surface area contributed by atoms with Crippen LogP contribution < -0.4 is 5.56 Å². The fraction of sp³-hybridized carbons (Fsp3) is 0.125. The summed E-state index contributed by atoms with van der Waals surface area (Å²) in [5, 5.41) is 9.31. The molecule has 0 saturated heterocycles. The Hall–Kier alpha value is -1.84. The van der Waals surface area contributed by atoms with Gasteiger partial charge < -0.3 is 0 Å². The quantitative estimate of drug-likeness (QED) is 0.717. The van der Waals surface area contributed by atoms with Crippen LogP contribution in [0.4, 0.5) is 0 Å². The number of aromatic nitrogens is 2. The maximum Gasteiger partial charge on any atom is 0.272 e. The molecule has 1 aromatic heterocycles. The normalized spacial score (nSPS) is 11.0. The first-order valence-electron chi connectivity index (χ1n) is 6.43. The Bertz CT molecular complexity index is 916. The number of benzene rings is 2. The predicted octanol–water partition coefficient (Wildman–Crippen LogP) is 4.51. The highest BCUT2D eigenvalue weighted by molar-refractivity contribution is 6.35. The highest BCUT2D eigenvalue weighted by Gasteiger charge is 2.15. The zero-order valence-electron chi connectivity index (χ0n) is 11.5. The Balaban J connectivity index is 2.50. The van der Waals surface area contributed by atoms with Crippen LogP contribution in [0.1, 0.15) is 11.1 Å². The molecule has 21 heavy (non-hydrogen) atoms. The number of hydrogen-bond donors (Lipinski definition) is 1. The zero-order chi connectivity index (χ0) is 15.1. The summed E-state index contributed by atoms with van der Waals surface area (Å²) in [6, 6.07) is 9.10. The van der Waals surface area contributed by atoms with E-state index in [0.29, 0.717) is 26.7 Å². The molecule has 1 N–H and O–H groups in total. The lowest BCUT2D eigenvalue weighted by molar-refractivity contribution is 1.01. The van der Waals surface area contributed by atoms with Crippen LogP contribution in [0.3, 0.4) is 0 Å². The van der Waals surface area contributed by atoms with E-state index >= 15 is 0 Å². The lowest BCUT2D eigenvalue weighted by Crippen LogP contribution is -2.11. The Morgan fingerprint density at radius 3 is 2.38 bits per heavy atom. The molecule has 0 aliphatic carbocycles. The zero-order valence-corrected chi connectivity index (χ0v) is 13.0. The fourth-order valence-corrected chi connectivity index (χ4v) is 2.88. The summed E-state index contributed by atoms with van der Waals surface area (Å²) in [7, 11) is 0. The third-order valence-corrected chi connectivity index (χ3v) is 4.10. The van der Waals surface area contributed by atoms with E-state index < -0.39 is 0 Å². The molecule has 0 spiro atoms. The van der Waals surface area contributed by atoms with Crippen molar-refractivity contribution in [2.24, 2.45) is 0 Å². The number of aromatic amines is 1. The number of rotatable bonds is 1. The fourth-order valence-electron chi connectivity index (χ4n) is 2.50. The van der Waals surface area contributed by atoms with Gasteiger partial charge in [-0.1, -0.05) is 35.3 Å². The van der Waals surface area contributed by atoms with Gasteiger partial charge in [-0.25, -0.2) is 5.10 Å². The third kappa shape index (κ3) is 2.33. The summed E-state index contributed by atoms with van der Waals surface area (Å²) >= 11 is 12.3. The minimum Gasteiger partial charge on any atom is -0.267 e. The summed E-state index contributed by atoms with van der Waals surface area (Å²) < 4.78 is 0. The van der Waals surface area contributed by atoms with Crippen LogP contribution in [-0.4, -0.2) is 10.2 Å². The Labute approximate surface area is 131 Å². The minimum absolute atomic E-state index is 0.201. The van der Waals surface area contributed by atoms with E-state index in [1.165, 1.54) is 0 Å². The molecular formula is C16H12Cl2N2O. The van der Waals surface area contributed by atoms with Gasteiger partial charge in [-0.05, 0) is 43.2 Å². The van der Waals surface area contributed by atoms with Gasteiger partial charge in [0, 0.05) is 16.0 Å². The van der Waals surface area contributed by atoms with Crippen molar-refractivity contribution in [3.8, 4) is 11.3 Å². The van der Waals surface area contributed by atoms with Crippen LogP contribution in [0.5, 0.6) is 0 Å². The SMILES string of the molecule is Cc1ccc(C)c2c(=O)[nH]nc(-c3cc(Cl)ccc3Cl)c12. The van der Waals surface area contributed by atoms with Crippen LogP contribution in [-0.2, 0) is 0 Å². The first kappa shape index (κ1) is 14.1. The van der Waals surface area contributed by atoms with E-state index in [-0.39, 0.29) is 5.56 Å². The number of halogens is 2. The average Bonchev–Trinajstić information content (AvgIpc) is 2.46. The summed E-state index contributed by atoms with van der Waals surface area (Å²) in [5.41, 5.74) is 3.02. The lowest BCUT2D eigenvalue weighted by Gasteiger charge is -2.11. The number of hydrogen-bond acceptors (Lipinski definition) is 2. The lowest BCUT2D eigenvalue weighted by atomic mass is 9.98. The smallest absolute Gasteiger partial charge is 0.267 e. The summed E-state index contributed by atoms with van der Waals surface area (Å²) in [6.45, 7) is 3.85. The number of H-pyrrole nitrogens is 1. The first-order chi connectivity index (χ1) is 9.99. The van der Waals surface area contributed by atoms with Crippen molar-refractivity contribution >= 4 is 34.0 Å². The number of fused-ring (bicyclic) bond motifs is 1. The van der Waals surface area contributed by atoms with Gasteiger partial charge in [0.25, 0.3) is 5.56 Å². The molecule has 0 unspecified atom stereocenters. The molecule has 0 aliphatic heterocycles. The molecule has 3 nitrogen and oxygen atoms in total. The summed E-state index contributed by atoms with van der Waals surface area (Å²) in [4.78, 5) is 12.1. The van der Waals surface area contributed by atoms with E-state index in [4.69, 9.17) is 23.2 Å². The van der Waals surface area contributed by atoms with E-state index in [0.717, 1.165) is 16.5 Å². The number of nitrogens with one attached hydrogen (secondary N) is 1. The number of nitrogens with zero attached hydrogens (tertiary/aromatic N) is 1. The van der Waals surface area contributed by atoms with Crippen LogP contribution in [0.25, 0.3) is 22.0 Å². The van der Waals surface area contributed by atoms with Gasteiger partial charge in [-0.2, -0.15) is 5.10 Å². The van der Waals surface area contributed by atoms with Gasteiger partial charge in [0.05, 0.1) is 10.4 Å². The Morgan fingerprint density at radius 2 is 1.67 bits per heavy atom. The molecule has 3 rings (SSSR count). The van der Waals surface area contributed by atoms with Crippen molar-refractivity contribution in [3.05, 3.63) is 61.9 Å². The van der Waals surface area contributed by atoms with Crippen LogP contribution in [0.15, 0.2) is 35.1 Å². The van der Waals surface area contributed by atoms with Crippen LogP contribution >= 0.6 is 23.2 Å². The molecular weight excluding hydrogens is 307 g/mol. The maximum absolute atomic E-state index is 12.1. The van der Waals surface area contributed by atoms with E-state index in [2.05, 4.69) is 10.2 Å². The minimum atomic E-state index is -0.201. The van der Waals surface area contributed by atoms with E-state index in [9.17, 15) is 4.79 Å². The van der Waals surface area contributed by atoms with Gasteiger partial charge in [0.1, 0.15) is 5.69 Å². The van der Waals surface area contributed by atoms with Crippen molar-refractivity contribution in [1.82, 2.24) is 10.2 Å². The van der Waals surface area contributed by atoms with Gasteiger partial charge >= 0.3 is 0 Å². The largest absolute Gasteiger partial charge is 0.272 e. The van der Waals surface area contributed by atoms with Crippen molar-refractivity contribution in [2.75, 3.05) is 0 Å². The van der Waals surface area contributed by atoms with Crippen molar-refractivity contribution in [2.45, 2.75) is 13.8 Å².